The number of esters is 3. The van der Waals surface area contributed by atoms with Crippen molar-refractivity contribution in [2.45, 2.75) is 399 Å². The second kappa shape index (κ2) is 68.1. The average molecular weight is 1110 g/mol. The molecule has 0 aromatic heterocycles. The van der Waals surface area contributed by atoms with Crippen molar-refractivity contribution in [3.05, 3.63) is 36.5 Å². The van der Waals surface area contributed by atoms with E-state index < -0.39 is 6.10 Å². The van der Waals surface area contributed by atoms with E-state index in [1.54, 1.807) is 0 Å². The maximum Gasteiger partial charge on any atom is 0.306 e. The zero-order valence-corrected chi connectivity index (χ0v) is 53.4. The molecule has 79 heavy (non-hydrogen) atoms. The van der Waals surface area contributed by atoms with Crippen LogP contribution in [0.2, 0.25) is 0 Å². The quantitative estimate of drug-likeness (QED) is 0.0261. The van der Waals surface area contributed by atoms with Gasteiger partial charge in [0.1, 0.15) is 13.2 Å². The van der Waals surface area contributed by atoms with Crippen LogP contribution in [0.5, 0.6) is 0 Å². The van der Waals surface area contributed by atoms with E-state index in [1.165, 1.54) is 283 Å². The molecule has 0 N–H and O–H groups in total. The van der Waals surface area contributed by atoms with Crippen molar-refractivity contribution in [3.63, 3.8) is 0 Å². The lowest BCUT2D eigenvalue weighted by Gasteiger charge is -2.18. The lowest BCUT2D eigenvalue weighted by molar-refractivity contribution is -0.167. The molecule has 464 valence electrons. The van der Waals surface area contributed by atoms with E-state index >= 15 is 0 Å². The largest absolute Gasteiger partial charge is 0.462 e. The Morgan fingerprint density at radius 2 is 0.456 bits per heavy atom. The Kier molecular flexibility index (Phi) is 66.1. The van der Waals surface area contributed by atoms with Crippen molar-refractivity contribution in [2.24, 2.45) is 0 Å². The van der Waals surface area contributed by atoms with Gasteiger partial charge in [-0.05, 0) is 77.0 Å². The van der Waals surface area contributed by atoms with Crippen molar-refractivity contribution < 1.29 is 28.6 Å². The topological polar surface area (TPSA) is 78.9 Å². The number of hydrogen-bond acceptors (Lipinski definition) is 6. The Morgan fingerprint density at radius 1 is 0.253 bits per heavy atom. The normalized spacial score (nSPS) is 12.2. The number of carbonyl (C=O) groups is 3. The first-order valence-corrected chi connectivity index (χ1v) is 35.5. The molecule has 0 radical (unpaired) electrons. The second-order valence-corrected chi connectivity index (χ2v) is 24.1. The van der Waals surface area contributed by atoms with Crippen LogP contribution < -0.4 is 0 Å². The van der Waals surface area contributed by atoms with E-state index in [0.29, 0.717) is 19.3 Å². The first kappa shape index (κ1) is 76.6. The predicted octanol–water partition coefficient (Wildman–Crippen LogP) is 24.3. The molecule has 0 aromatic carbocycles. The fourth-order valence-electron chi connectivity index (χ4n) is 10.8. The molecule has 0 aliphatic heterocycles. The van der Waals surface area contributed by atoms with E-state index in [2.05, 4.69) is 57.2 Å². The van der Waals surface area contributed by atoms with Gasteiger partial charge in [0, 0.05) is 19.3 Å². The molecule has 0 aliphatic carbocycles. The van der Waals surface area contributed by atoms with Crippen LogP contribution in [0.1, 0.15) is 393 Å². The van der Waals surface area contributed by atoms with Crippen LogP contribution >= 0.6 is 0 Å². The van der Waals surface area contributed by atoms with E-state index in [0.717, 1.165) is 70.6 Å². The zero-order valence-electron chi connectivity index (χ0n) is 53.4. The summed E-state index contributed by atoms with van der Waals surface area (Å²) < 4.78 is 17.0. The fraction of sp³-hybridized carbons (Fsp3) is 0.877. The molecule has 6 nitrogen and oxygen atoms in total. The van der Waals surface area contributed by atoms with Crippen LogP contribution in [0.4, 0.5) is 0 Å². The number of unbranched alkanes of at least 4 members (excludes halogenated alkanes) is 49. The maximum absolute atomic E-state index is 12.9. The van der Waals surface area contributed by atoms with E-state index in [1.807, 2.05) is 0 Å². The van der Waals surface area contributed by atoms with Gasteiger partial charge >= 0.3 is 17.9 Å². The van der Waals surface area contributed by atoms with Gasteiger partial charge in [-0.15, -0.1) is 0 Å². The minimum atomic E-state index is -0.775. The molecule has 0 amide bonds. The van der Waals surface area contributed by atoms with Crippen molar-refractivity contribution in [1.82, 2.24) is 0 Å². The number of hydrogen-bond donors (Lipinski definition) is 0. The molecule has 0 aromatic rings. The number of allylic oxidation sites excluding steroid dienone is 6. The third-order valence-corrected chi connectivity index (χ3v) is 16.1. The molecule has 1 unspecified atom stereocenters. The molecule has 0 aliphatic rings. The van der Waals surface area contributed by atoms with Gasteiger partial charge in [0.25, 0.3) is 0 Å². The van der Waals surface area contributed by atoms with Gasteiger partial charge in [-0.3, -0.25) is 14.4 Å². The van der Waals surface area contributed by atoms with Crippen LogP contribution in [0.15, 0.2) is 36.5 Å². The van der Waals surface area contributed by atoms with Gasteiger partial charge in [0.15, 0.2) is 6.10 Å². The number of carbonyl (C=O) groups excluding carboxylic acids is 3. The fourth-order valence-corrected chi connectivity index (χ4v) is 10.8. The summed E-state index contributed by atoms with van der Waals surface area (Å²) in [7, 11) is 0. The number of ether oxygens (including phenoxy) is 3. The Morgan fingerprint density at radius 3 is 0.722 bits per heavy atom. The highest BCUT2D eigenvalue weighted by Gasteiger charge is 2.19. The SMILES string of the molecule is CCCCCC/C=C\C/C=C\CCCCCCCCCC(=O)OC(COC(=O)CCCCCCCCCCCCCCCCCC)COC(=O)CCCCCCCCCCCCCCCCC/C=C\CCCCCCCCCC. The van der Waals surface area contributed by atoms with Gasteiger partial charge in [0.05, 0.1) is 0 Å². The third-order valence-electron chi connectivity index (χ3n) is 16.1. The molecule has 1 atom stereocenters. The van der Waals surface area contributed by atoms with Crippen molar-refractivity contribution >= 4 is 17.9 Å². The summed E-state index contributed by atoms with van der Waals surface area (Å²) in [4.78, 5) is 38.4. The Hall–Kier alpha value is -2.37. The zero-order chi connectivity index (χ0) is 57.1. The van der Waals surface area contributed by atoms with E-state index in [-0.39, 0.29) is 31.1 Å². The maximum atomic E-state index is 12.9. The van der Waals surface area contributed by atoms with Crippen LogP contribution in [-0.4, -0.2) is 37.2 Å². The molecule has 0 saturated carbocycles. The molecular weight excluding hydrogens is 973 g/mol. The van der Waals surface area contributed by atoms with E-state index in [4.69, 9.17) is 14.2 Å². The van der Waals surface area contributed by atoms with Crippen molar-refractivity contribution in [2.75, 3.05) is 13.2 Å². The summed E-state index contributed by atoms with van der Waals surface area (Å²) in [5.41, 5.74) is 0. The first-order valence-electron chi connectivity index (χ1n) is 35.5. The Bertz CT molecular complexity index is 1320. The predicted molar refractivity (Wildman–Crippen MR) is 344 cm³/mol. The third kappa shape index (κ3) is 66.3. The minimum Gasteiger partial charge on any atom is -0.462 e. The molecule has 0 heterocycles. The highest BCUT2D eigenvalue weighted by molar-refractivity contribution is 5.71. The van der Waals surface area contributed by atoms with Gasteiger partial charge in [-0.2, -0.15) is 0 Å². The van der Waals surface area contributed by atoms with Gasteiger partial charge in [-0.1, -0.05) is 333 Å². The average Bonchev–Trinajstić information content (AvgIpc) is 3.45. The van der Waals surface area contributed by atoms with E-state index in [9.17, 15) is 14.4 Å². The van der Waals surface area contributed by atoms with Crippen LogP contribution in [-0.2, 0) is 28.6 Å². The highest BCUT2D eigenvalue weighted by Crippen LogP contribution is 2.18. The van der Waals surface area contributed by atoms with Crippen LogP contribution in [0.3, 0.4) is 0 Å². The second-order valence-electron chi connectivity index (χ2n) is 24.1. The summed E-state index contributed by atoms with van der Waals surface area (Å²) in [5, 5.41) is 0. The molecule has 0 saturated heterocycles. The Labute approximate surface area is 493 Å². The molecule has 6 heteroatoms. The molecule has 0 bridgehead atoms. The molecule has 0 fully saturated rings. The van der Waals surface area contributed by atoms with Crippen molar-refractivity contribution in [1.29, 1.82) is 0 Å². The van der Waals surface area contributed by atoms with Gasteiger partial charge < -0.3 is 14.2 Å². The van der Waals surface area contributed by atoms with Crippen LogP contribution in [0, 0.1) is 0 Å². The summed E-state index contributed by atoms with van der Waals surface area (Å²) in [5.74, 6) is -0.848. The van der Waals surface area contributed by atoms with Crippen LogP contribution in [0.25, 0.3) is 0 Å². The highest BCUT2D eigenvalue weighted by atomic mass is 16.6. The summed E-state index contributed by atoms with van der Waals surface area (Å²) in [6.45, 7) is 6.69. The summed E-state index contributed by atoms with van der Waals surface area (Å²) in [6, 6.07) is 0. The monoisotopic (exact) mass is 1110 g/mol. The summed E-state index contributed by atoms with van der Waals surface area (Å²) >= 11 is 0. The lowest BCUT2D eigenvalue weighted by atomic mass is 10.0. The molecule has 0 rings (SSSR count). The summed E-state index contributed by atoms with van der Waals surface area (Å²) in [6.07, 6.45) is 84.6. The lowest BCUT2D eigenvalue weighted by Crippen LogP contribution is -2.30. The molecular formula is C73H136O6. The van der Waals surface area contributed by atoms with Gasteiger partial charge in [0.2, 0.25) is 0 Å². The Balaban J connectivity index is 4.25. The smallest absolute Gasteiger partial charge is 0.306 e. The standard InChI is InChI=1S/C73H136O6/c1-4-7-10-13-16-19-22-25-28-31-33-34-35-36-37-38-39-40-41-43-45-48-51-54-57-60-63-66-72(75)78-69-70(68-77-71(74)65-62-59-56-53-50-47-44-30-27-24-21-18-15-12-9-6-3)79-73(76)67-64-61-58-55-52-49-46-42-32-29-26-23-20-17-14-11-8-5-2/h20,23,29,31-33,70H,4-19,21-22,24-28,30,34-69H2,1-3H3/b23-20-,32-29-,33-31-. The van der Waals surface area contributed by atoms with Crippen molar-refractivity contribution in [3.8, 4) is 0 Å². The first-order chi connectivity index (χ1) is 39.0. The van der Waals surface area contributed by atoms with Gasteiger partial charge in [-0.25, -0.2) is 0 Å². The number of rotatable bonds is 66. The minimum absolute atomic E-state index is 0.0700. The molecule has 0 spiro atoms.